The Kier molecular flexibility index (Phi) is 7.59. The zero-order chi connectivity index (χ0) is 21.7. The second-order valence-corrected chi connectivity index (χ2v) is 13.5. The van der Waals surface area contributed by atoms with Gasteiger partial charge in [0.1, 0.15) is 0 Å². The van der Waals surface area contributed by atoms with Crippen LogP contribution >= 0.6 is 0 Å². The molecule has 2 nitrogen and oxygen atoms in total. The van der Waals surface area contributed by atoms with E-state index in [1.165, 1.54) is 0 Å². The Morgan fingerprint density at radius 3 is 1.76 bits per heavy atom. The highest BCUT2D eigenvalue weighted by Crippen LogP contribution is 2.38. The number of aliphatic hydroxyl groups is 1. The van der Waals surface area contributed by atoms with Crippen molar-refractivity contribution in [3.63, 3.8) is 0 Å². The summed E-state index contributed by atoms with van der Waals surface area (Å²) in [5.41, 5.74) is 4.59. The summed E-state index contributed by atoms with van der Waals surface area (Å²) in [6.45, 7) is 12.3. The Hall–Kier alpha value is -2.19. The molecule has 0 amide bonds. The predicted octanol–water partition coefficient (Wildman–Crippen LogP) is 4.81. The lowest BCUT2D eigenvalue weighted by molar-refractivity contribution is -0.110. The molecule has 0 aliphatic heterocycles. The SMILES string of the molecule is CCCC(O)C(=C=C(C)C)C(=O)[Si](c1ccccc1)(c1ccccc1)C(C)(C)C. The topological polar surface area (TPSA) is 37.3 Å². The van der Waals surface area contributed by atoms with Gasteiger partial charge in [-0.05, 0) is 41.3 Å². The van der Waals surface area contributed by atoms with Crippen LogP contribution in [-0.4, -0.2) is 24.7 Å². The Morgan fingerprint density at radius 2 is 1.41 bits per heavy atom. The van der Waals surface area contributed by atoms with Crippen LogP contribution in [0.2, 0.25) is 5.04 Å². The van der Waals surface area contributed by atoms with Crippen molar-refractivity contribution in [1.82, 2.24) is 0 Å². The first-order valence-corrected chi connectivity index (χ1v) is 12.4. The lowest BCUT2D eigenvalue weighted by atomic mass is 10.1. The van der Waals surface area contributed by atoms with Crippen LogP contribution < -0.4 is 10.4 Å². The van der Waals surface area contributed by atoms with Crippen LogP contribution in [0.25, 0.3) is 0 Å². The van der Waals surface area contributed by atoms with Gasteiger partial charge in [0.05, 0.1) is 11.7 Å². The summed E-state index contributed by atoms with van der Waals surface area (Å²) in [5.74, 6) is 0. The smallest absolute Gasteiger partial charge is 0.205 e. The maximum absolute atomic E-state index is 14.5. The van der Waals surface area contributed by atoms with Gasteiger partial charge in [-0.2, -0.15) is 0 Å². The molecule has 154 valence electrons. The van der Waals surface area contributed by atoms with Gasteiger partial charge in [-0.1, -0.05) is 94.8 Å². The monoisotopic (exact) mass is 406 g/mol. The summed E-state index contributed by atoms with van der Waals surface area (Å²) < 4.78 is 0. The molecule has 0 fully saturated rings. The third-order valence-electron chi connectivity index (χ3n) is 5.40. The highest BCUT2D eigenvalue weighted by molar-refractivity contribution is 7.25. The fraction of sp³-hybridized carbons (Fsp3) is 0.385. The maximum Gasteiger partial charge on any atom is 0.205 e. The third kappa shape index (κ3) is 4.70. The molecule has 1 N–H and O–H groups in total. The van der Waals surface area contributed by atoms with Crippen LogP contribution in [0.15, 0.2) is 77.5 Å². The summed E-state index contributed by atoms with van der Waals surface area (Å²) in [4.78, 5) is 14.5. The van der Waals surface area contributed by atoms with Gasteiger partial charge in [-0.3, -0.25) is 4.79 Å². The Morgan fingerprint density at radius 1 is 0.966 bits per heavy atom. The first-order valence-electron chi connectivity index (χ1n) is 10.4. The first kappa shape index (κ1) is 23.1. The summed E-state index contributed by atoms with van der Waals surface area (Å²) >= 11 is 0. The quantitative estimate of drug-likeness (QED) is 0.407. The zero-order valence-electron chi connectivity index (χ0n) is 18.6. The largest absolute Gasteiger partial charge is 0.388 e. The molecule has 0 bridgehead atoms. The van der Waals surface area contributed by atoms with E-state index < -0.39 is 14.2 Å². The van der Waals surface area contributed by atoms with Crippen LogP contribution in [0.1, 0.15) is 54.4 Å². The van der Waals surface area contributed by atoms with Gasteiger partial charge in [0, 0.05) is 0 Å². The number of benzene rings is 2. The van der Waals surface area contributed by atoms with E-state index in [9.17, 15) is 9.90 Å². The van der Waals surface area contributed by atoms with E-state index >= 15 is 0 Å². The highest BCUT2D eigenvalue weighted by atomic mass is 28.3. The van der Waals surface area contributed by atoms with Gasteiger partial charge in [-0.25, -0.2) is 0 Å². The van der Waals surface area contributed by atoms with Gasteiger partial charge in [0.2, 0.25) is 8.07 Å². The van der Waals surface area contributed by atoms with Gasteiger partial charge < -0.3 is 5.11 Å². The van der Waals surface area contributed by atoms with Gasteiger partial charge in [0.25, 0.3) is 0 Å². The minimum absolute atomic E-state index is 0.0598. The molecular formula is C26H34O2Si. The average molecular weight is 407 g/mol. The zero-order valence-corrected chi connectivity index (χ0v) is 19.6. The van der Waals surface area contributed by atoms with E-state index in [2.05, 4.69) is 50.8 Å². The van der Waals surface area contributed by atoms with Crippen molar-refractivity contribution < 1.29 is 9.90 Å². The number of hydrogen-bond acceptors (Lipinski definition) is 2. The molecule has 29 heavy (non-hydrogen) atoms. The van der Waals surface area contributed by atoms with Crippen LogP contribution in [0.3, 0.4) is 0 Å². The fourth-order valence-electron chi connectivity index (χ4n) is 4.19. The molecule has 0 radical (unpaired) electrons. The van der Waals surface area contributed by atoms with Crippen molar-refractivity contribution in [2.24, 2.45) is 0 Å². The lowest BCUT2D eigenvalue weighted by Gasteiger charge is -2.43. The molecule has 2 aromatic carbocycles. The molecule has 0 spiro atoms. The Labute approximate surface area is 177 Å². The van der Waals surface area contributed by atoms with Crippen molar-refractivity contribution in [1.29, 1.82) is 0 Å². The molecular weight excluding hydrogens is 372 g/mol. The number of carbonyl (C=O) groups is 1. The summed E-state index contributed by atoms with van der Waals surface area (Å²) in [6, 6.07) is 20.3. The number of aliphatic hydroxyl groups excluding tert-OH is 1. The van der Waals surface area contributed by atoms with E-state index in [0.29, 0.717) is 12.0 Å². The average Bonchev–Trinajstić information content (AvgIpc) is 2.67. The first-order chi connectivity index (χ1) is 13.7. The number of carbonyl (C=O) groups excluding carboxylic acids is 1. The summed E-state index contributed by atoms with van der Waals surface area (Å²) in [7, 11) is -2.99. The second kappa shape index (κ2) is 9.54. The molecule has 2 rings (SSSR count). The van der Waals surface area contributed by atoms with E-state index in [0.717, 1.165) is 22.4 Å². The van der Waals surface area contributed by atoms with Crippen LogP contribution in [0.4, 0.5) is 0 Å². The van der Waals surface area contributed by atoms with Crippen molar-refractivity contribution in [3.8, 4) is 0 Å². The standard InChI is InChI=1S/C26H34O2Si/c1-7-14-24(27)23(19-20(2)3)25(28)29(26(4,5)6,21-15-10-8-11-16-21)22-17-12-9-13-18-22/h8-13,15-18,24,27H,7,14H2,1-6H3. The van der Waals surface area contributed by atoms with Crippen molar-refractivity contribution in [2.45, 2.75) is 65.5 Å². The van der Waals surface area contributed by atoms with E-state index in [1.54, 1.807) is 0 Å². The lowest BCUT2D eigenvalue weighted by Crippen LogP contribution is -2.70. The summed E-state index contributed by atoms with van der Waals surface area (Å²) in [6.07, 6.45) is 0.562. The number of hydrogen-bond donors (Lipinski definition) is 1. The Balaban J connectivity index is 2.93. The van der Waals surface area contributed by atoms with Gasteiger partial charge in [-0.15, -0.1) is 5.73 Å². The van der Waals surface area contributed by atoms with Crippen molar-refractivity contribution in [3.05, 3.63) is 77.5 Å². The predicted molar refractivity (Wildman–Crippen MR) is 125 cm³/mol. The van der Waals surface area contributed by atoms with Gasteiger partial charge >= 0.3 is 0 Å². The molecule has 0 aliphatic rings. The van der Waals surface area contributed by atoms with E-state index in [1.807, 2.05) is 57.2 Å². The van der Waals surface area contributed by atoms with Gasteiger partial charge in [0.15, 0.2) is 5.41 Å². The molecule has 3 heteroatoms. The van der Waals surface area contributed by atoms with Crippen molar-refractivity contribution >= 4 is 23.9 Å². The molecule has 0 aliphatic carbocycles. The molecule has 0 saturated heterocycles. The molecule has 1 atom stereocenters. The summed E-state index contributed by atoms with van der Waals surface area (Å²) in [5, 5.41) is 12.8. The van der Waals surface area contributed by atoms with E-state index in [4.69, 9.17) is 0 Å². The maximum atomic E-state index is 14.5. The third-order valence-corrected chi connectivity index (χ3v) is 11.0. The molecule has 0 aromatic heterocycles. The highest BCUT2D eigenvalue weighted by Gasteiger charge is 2.55. The van der Waals surface area contributed by atoms with Crippen LogP contribution in [0.5, 0.6) is 0 Å². The molecule has 0 heterocycles. The van der Waals surface area contributed by atoms with Crippen molar-refractivity contribution in [2.75, 3.05) is 0 Å². The van der Waals surface area contributed by atoms with E-state index in [-0.39, 0.29) is 10.4 Å². The van der Waals surface area contributed by atoms with Crippen LogP contribution in [0, 0.1) is 0 Å². The van der Waals surface area contributed by atoms with Crippen LogP contribution in [-0.2, 0) is 4.79 Å². The molecule has 0 saturated carbocycles. The molecule has 1 unspecified atom stereocenters. The fourth-order valence-corrected chi connectivity index (χ4v) is 9.48. The minimum atomic E-state index is -2.99. The minimum Gasteiger partial charge on any atom is -0.388 e. The Bertz CT molecular complexity index is 842. The number of rotatable bonds is 7. The normalized spacial score (nSPS) is 12.8. The second-order valence-electron chi connectivity index (χ2n) is 8.90. The molecule has 2 aromatic rings.